The molecule has 3 unspecified atom stereocenters. The standard InChI is InChI=1S/C31H46O5.Na.H/c1-9-31(10-2,24-13-11-23(20(3)17-24)12-16-28(33)30(6,7)8)25-14-15-26(21(4)18-25)36-27(29(34)35)19-22(5)32;;/h11,13-15,17-18,22,27-28,32-33H,9-10,12,16,19H2,1-8H3,(H,34,35);;. The van der Waals surface area contributed by atoms with Crippen LogP contribution in [0.2, 0.25) is 0 Å². The van der Waals surface area contributed by atoms with E-state index >= 15 is 0 Å². The molecule has 2 rings (SSSR count). The van der Waals surface area contributed by atoms with Crippen LogP contribution < -0.4 is 4.74 Å². The molecule has 0 aliphatic heterocycles. The Balaban J connectivity index is 0.00000684. The first-order valence-electron chi connectivity index (χ1n) is 13.2. The number of hydrogen-bond acceptors (Lipinski definition) is 4. The fourth-order valence-electron chi connectivity index (χ4n) is 4.97. The first-order valence-corrected chi connectivity index (χ1v) is 13.2. The second-order valence-corrected chi connectivity index (χ2v) is 11.4. The normalized spacial score (nSPS) is 14.4. The summed E-state index contributed by atoms with van der Waals surface area (Å²) in [5.41, 5.74) is 5.51. The maximum absolute atomic E-state index is 11.6. The number of aliphatic hydroxyl groups is 2. The average molecular weight is 523 g/mol. The molecule has 2 aromatic carbocycles. The molecule has 0 bridgehead atoms. The molecular weight excluding hydrogens is 475 g/mol. The van der Waals surface area contributed by atoms with Gasteiger partial charge in [-0.1, -0.05) is 65.0 Å². The van der Waals surface area contributed by atoms with E-state index in [2.05, 4.69) is 65.8 Å². The van der Waals surface area contributed by atoms with Crippen LogP contribution in [0.4, 0.5) is 0 Å². The van der Waals surface area contributed by atoms with E-state index in [0.29, 0.717) is 5.75 Å². The number of carboxylic acids is 1. The first-order chi connectivity index (χ1) is 16.7. The van der Waals surface area contributed by atoms with Gasteiger partial charge in [0.15, 0.2) is 6.10 Å². The van der Waals surface area contributed by atoms with Crippen LogP contribution in [-0.2, 0) is 16.6 Å². The van der Waals surface area contributed by atoms with Gasteiger partial charge >= 0.3 is 35.5 Å². The summed E-state index contributed by atoms with van der Waals surface area (Å²) in [6, 6.07) is 12.7. The van der Waals surface area contributed by atoms with E-state index < -0.39 is 18.2 Å². The zero-order chi connectivity index (χ0) is 27.3. The van der Waals surface area contributed by atoms with E-state index in [-0.39, 0.29) is 52.9 Å². The van der Waals surface area contributed by atoms with Crippen molar-refractivity contribution in [3.05, 3.63) is 64.2 Å². The van der Waals surface area contributed by atoms with Gasteiger partial charge in [-0.3, -0.25) is 0 Å². The molecule has 0 aliphatic carbocycles. The molecule has 0 aromatic heterocycles. The molecule has 202 valence electrons. The Morgan fingerprint density at radius 3 is 1.92 bits per heavy atom. The van der Waals surface area contributed by atoms with Gasteiger partial charge in [0.1, 0.15) is 5.75 Å². The van der Waals surface area contributed by atoms with Crippen molar-refractivity contribution in [2.24, 2.45) is 5.41 Å². The molecule has 6 heteroatoms. The first kappa shape index (κ1) is 33.7. The Bertz CT molecular complexity index is 1020. The molecule has 0 aliphatic rings. The fourth-order valence-corrected chi connectivity index (χ4v) is 4.97. The zero-order valence-corrected chi connectivity index (χ0v) is 23.4. The third kappa shape index (κ3) is 8.56. The molecule has 3 atom stereocenters. The predicted molar refractivity (Wildman–Crippen MR) is 153 cm³/mol. The summed E-state index contributed by atoms with van der Waals surface area (Å²) in [7, 11) is 0. The van der Waals surface area contributed by atoms with Crippen LogP contribution in [0.1, 0.15) is 95.0 Å². The van der Waals surface area contributed by atoms with Gasteiger partial charge in [-0.15, -0.1) is 0 Å². The van der Waals surface area contributed by atoms with Crippen LogP contribution in [0.5, 0.6) is 5.75 Å². The summed E-state index contributed by atoms with van der Waals surface area (Å²) < 4.78 is 5.78. The number of carboxylic acid groups (broad SMARTS) is 1. The predicted octanol–water partition coefficient (Wildman–Crippen LogP) is 5.70. The number of hydrogen-bond donors (Lipinski definition) is 3. The summed E-state index contributed by atoms with van der Waals surface area (Å²) in [5.74, 6) is -0.557. The van der Waals surface area contributed by atoms with Gasteiger partial charge in [0.05, 0.1) is 12.2 Å². The fraction of sp³-hybridized carbons (Fsp3) is 0.581. The Morgan fingerprint density at radius 2 is 1.49 bits per heavy atom. The van der Waals surface area contributed by atoms with E-state index in [4.69, 9.17) is 4.74 Å². The van der Waals surface area contributed by atoms with E-state index in [1.54, 1.807) is 6.92 Å². The molecule has 0 spiro atoms. The van der Waals surface area contributed by atoms with Crippen molar-refractivity contribution < 1.29 is 24.9 Å². The molecular formula is C31H47NaO5. The van der Waals surface area contributed by atoms with Gasteiger partial charge in [-0.2, -0.15) is 0 Å². The van der Waals surface area contributed by atoms with Crippen LogP contribution in [0.15, 0.2) is 36.4 Å². The second kappa shape index (κ2) is 14.1. The molecule has 0 heterocycles. The number of aryl methyl sites for hydroxylation is 3. The molecule has 37 heavy (non-hydrogen) atoms. The third-order valence-corrected chi connectivity index (χ3v) is 7.62. The molecule has 0 saturated carbocycles. The van der Waals surface area contributed by atoms with Gasteiger partial charge in [0, 0.05) is 11.8 Å². The minimum atomic E-state index is -1.09. The summed E-state index contributed by atoms with van der Waals surface area (Å²) in [6.45, 7) is 16.3. The number of rotatable bonds is 12. The van der Waals surface area contributed by atoms with Crippen LogP contribution in [0, 0.1) is 19.3 Å². The van der Waals surface area contributed by atoms with Crippen LogP contribution in [0.3, 0.4) is 0 Å². The number of carbonyl (C=O) groups is 1. The summed E-state index contributed by atoms with van der Waals surface area (Å²) >= 11 is 0. The van der Waals surface area contributed by atoms with Gasteiger partial charge in [-0.25, -0.2) is 4.79 Å². The molecule has 0 fully saturated rings. The molecule has 5 nitrogen and oxygen atoms in total. The van der Waals surface area contributed by atoms with Crippen LogP contribution in [0.25, 0.3) is 0 Å². The summed E-state index contributed by atoms with van der Waals surface area (Å²) in [6.07, 6.45) is 1.26. The van der Waals surface area contributed by atoms with E-state index in [1.165, 1.54) is 22.3 Å². The number of aliphatic carboxylic acids is 1. The Hall–Kier alpha value is -1.37. The maximum atomic E-state index is 11.6. The van der Waals surface area contributed by atoms with E-state index in [0.717, 1.165) is 31.2 Å². The third-order valence-electron chi connectivity index (χ3n) is 7.62. The van der Waals surface area contributed by atoms with E-state index in [1.807, 2.05) is 19.1 Å². The molecule has 0 radical (unpaired) electrons. The molecule has 0 saturated heterocycles. The van der Waals surface area contributed by atoms with Crippen molar-refractivity contribution in [3.63, 3.8) is 0 Å². The summed E-state index contributed by atoms with van der Waals surface area (Å²) in [4.78, 5) is 11.6. The minimum absolute atomic E-state index is 0. The van der Waals surface area contributed by atoms with Gasteiger partial charge < -0.3 is 20.1 Å². The quantitative estimate of drug-likeness (QED) is 0.311. The van der Waals surface area contributed by atoms with Crippen molar-refractivity contribution in [2.45, 2.75) is 111 Å². The van der Waals surface area contributed by atoms with E-state index in [9.17, 15) is 20.1 Å². The van der Waals surface area contributed by atoms with Gasteiger partial charge in [0.2, 0.25) is 0 Å². The Kier molecular flexibility index (Phi) is 12.9. The van der Waals surface area contributed by atoms with Crippen molar-refractivity contribution >= 4 is 35.5 Å². The van der Waals surface area contributed by atoms with Crippen LogP contribution >= 0.6 is 0 Å². The number of benzene rings is 2. The van der Waals surface area contributed by atoms with Crippen molar-refractivity contribution in [3.8, 4) is 5.75 Å². The monoisotopic (exact) mass is 522 g/mol. The van der Waals surface area contributed by atoms with Crippen molar-refractivity contribution in [2.75, 3.05) is 0 Å². The molecule has 2 aromatic rings. The Morgan fingerprint density at radius 1 is 0.946 bits per heavy atom. The van der Waals surface area contributed by atoms with Crippen molar-refractivity contribution in [1.82, 2.24) is 0 Å². The average Bonchev–Trinajstić information content (AvgIpc) is 2.79. The second-order valence-electron chi connectivity index (χ2n) is 11.4. The zero-order valence-electron chi connectivity index (χ0n) is 23.4. The van der Waals surface area contributed by atoms with Crippen LogP contribution in [-0.4, -0.2) is 69.2 Å². The molecule has 3 N–H and O–H groups in total. The SMILES string of the molecule is CCC(CC)(c1ccc(CCC(O)C(C)(C)C)c(C)c1)c1ccc(OC(CC(C)O)C(=O)O)c(C)c1.[NaH]. The number of aliphatic hydroxyl groups excluding tert-OH is 2. The van der Waals surface area contributed by atoms with Gasteiger partial charge in [0.25, 0.3) is 0 Å². The Labute approximate surface area is 245 Å². The number of ether oxygens (including phenoxy) is 1. The summed E-state index contributed by atoms with van der Waals surface area (Å²) in [5, 5.41) is 29.6. The topological polar surface area (TPSA) is 87.0 Å². The molecule has 0 amide bonds. The van der Waals surface area contributed by atoms with Crippen molar-refractivity contribution in [1.29, 1.82) is 0 Å². The van der Waals surface area contributed by atoms with Gasteiger partial charge in [-0.05, 0) is 85.8 Å².